The molecule has 0 saturated heterocycles. The van der Waals surface area contributed by atoms with E-state index in [0.717, 1.165) is 39.7 Å². The first-order valence-electron chi connectivity index (χ1n) is 9.97. The molecule has 0 spiro atoms. The molecule has 2 unspecified atom stereocenters. The maximum Gasteiger partial charge on any atom is 0.307 e. The molecule has 30 heavy (non-hydrogen) atoms. The van der Waals surface area contributed by atoms with Crippen LogP contribution in [0.2, 0.25) is 5.02 Å². The summed E-state index contributed by atoms with van der Waals surface area (Å²) in [6, 6.07) is 6.91. The highest BCUT2D eigenvalue weighted by Crippen LogP contribution is 2.41. The Hall–Kier alpha value is -1.83. The van der Waals surface area contributed by atoms with E-state index in [1.54, 1.807) is 36.0 Å². The fraction of sp³-hybridized carbons (Fsp3) is 0.409. The van der Waals surface area contributed by atoms with E-state index >= 15 is 0 Å². The van der Waals surface area contributed by atoms with Crippen LogP contribution >= 0.6 is 34.7 Å². The molecule has 4 rings (SSSR count). The average molecular weight is 464 g/mol. The Morgan fingerprint density at radius 3 is 2.47 bits per heavy atom. The Morgan fingerprint density at radius 2 is 1.77 bits per heavy atom. The van der Waals surface area contributed by atoms with E-state index in [9.17, 15) is 19.5 Å². The van der Waals surface area contributed by atoms with Gasteiger partial charge < -0.3 is 10.4 Å². The van der Waals surface area contributed by atoms with Crippen molar-refractivity contribution in [3.63, 3.8) is 0 Å². The molecule has 0 radical (unpaired) electrons. The monoisotopic (exact) mass is 463 g/mol. The molecule has 1 aromatic carbocycles. The SMILES string of the molecule is O=C(Nc1ccc(Cl)cc1)c1c(CC(=O)C2CCCCC2C(=O)O)sc2c1CSC2. The highest BCUT2D eigenvalue weighted by Gasteiger charge is 2.37. The van der Waals surface area contributed by atoms with Crippen molar-refractivity contribution in [1.29, 1.82) is 0 Å². The van der Waals surface area contributed by atoms with Crippen LogP contribution in [0.25, 0.3) is 0 Å². The van der Waals surface area contributed by atoms with Crippen molar-refractivity contribution < 1.29 is 19.5 Å². The predicted molar refractivity (Wildman–Crippen MR) is 121 cm³/mol. The molecule has 2 atom stereocenters. The lowest BCUT2D eigenvalue weighted by Gasteiger charge is -2.27. The second-order valence-corrected chi connectivity index (χ2v) is 10.3. The number of benzene rings is 1. The Morgan fingerprint density at radius 1 is 1.07 bits per heavy atom. The number of carbonyl (C=O) groups excluding carboxylic acids is 2. The third-order valence-corrected chi connectivity index (χ3v) is 8.46. The summed E-state index contributed by atoms with van der Waals surface area (Å²) in [6.07, 6.45) is 3.01. The minimum absolute atomic E-state index is 0.0600. The van der Waals surface area contributed by atoms with Crippen LogP contribution in [-0.2, 0) is 27.5 Å². The first-order valence-corrected chi connectivity index (χ1v) is 12.3. The molecule has 158 valence electrons. The minimum atomic E-state index is -0.890. The quantitative estimate of drug-likeness (QED) is 0.599. The number of hydrogen-bond acceptors (Lipinski definition) is 5. The molecule has 1 amide bonds. The number of carbonyl (C=O) groups is 3. The zero-order valence-corrected chi connectivity index (χ0v) is 18.7. The molecule has 1 aliphatic carbocycles. The first kappa shape index (κ1) is 21.4. The fourth-order valence-corrected chi connectivity index (χ4v) is 7.11. The third-order valence-electron chi connectivity index (χ3n) is 5.80. The summed E-state index contributed by atoms with van der Waals surface area (Å²) in [5, 5.41) is 13.0. The number of amides is 1. The number of thioether (sulfide) groups is 1. The lowest BCUT2D eigenvalue weighted by molar-refractivity contribution is -0.148. The van der Waals surface area contributed by atoms with Crippen molar-refractivity contribution in [2.45, 2.75) is 43.6 Å². The number of Topliss-reactive ketones (excluding diaryl/α,β-unsaturated/α-hetero) is 1. The van der Waals surface area contributed by atoms with Gasteiger partial charge in [0.25, 0.3) is 5.91 Å². The van der Waals surface area contributed by atoms with Crippen molar-refractivity contribution in [3.8, 4) is 0 Å². The van der Waals surface area contributed by atoms with Crippen molar-refractivity contribution in [1.82, 2.24) is 0 Å². The van der Waals surface area contributed by atoms with E-state index in [1.807, 2.05) is 0 Å². The summed E-state index contributed by atoms with van der Waals surface area (Å²) in [5.74, 6) is -0.649. The topological polar surface area (TPSA) is 83.5 Å². The lowest BCUT2D eigenvalue weighted by Crippen LogP contribution is -2.33. The number of ketones is 1. The standard InChI is InChI=1S/C22H22ClNO4S2/c23-12-5-7-13(8-6-12)24-21(26)20-16-10-29-11-19(16)30-18(20)9-17(25)14-3-1-2-4-15(14)22(27)28/h5-8,14-15H,1-4,9-11H2,(H,24,26)(H,27,28). The smallest absolute Gasteiger partial charge is 0.307 e. The molecule has 2 heterocycles. The molecule has 0 bridgehead atoms. The molecular formula is C22H22ClNO4S2. The molecule has 1 fully saturated rings. The van der Waals surface area contributed by atoms with Crippen molar-refractivity contribution in [2.24, 2.45) is 11.8 Å². The molecule has 1 saturated carbocycles. The summed E-state index contributed by atoms with van der Waals surface area (Å²) in [4.78, 5) is 39.7. The Kier molecular flexibility index (Phi) is 6.51. The van der Waals surface area contributed by atoms with Crippen molar-refractivity contribution in [3.05, 3.63) is 50.2 Å². The highest BCUT2D eigenvalue weighted by molar-refractivity contribution is 7.98. The van der Waals surface area contributed by atoms with Crippen LogP contribution in [0.1, 0.15) is 51.4 Å². The molecule has 1 aliphatic heterocycles. The summed E-state index contributed by atoms with van der Waals surface area (Å²) in [5.41, 5.74) is 2.24. The predicted octanol–water partition coefficient (Wildman–Crippen LogP) is 5.40. The molecular weight excluding hydrogens is 442 g/mol. The number of fused-ring (bicyclic) bond motifs is 1. The lowest BCUT2D eigenvalue weighted by atomic mass is 9.76. The van der Waals surface area contributed by atoms with Gasteiger partial charge in [0.15, 0.2) is 0 Å². The zero-order valence-electron chi connectivity index (χ0n) is 16.3. The van der Waals surface area contributed by atoms with Gasteiger partial charge in [0.1, 0.15) is 5.78 Å². The first-order chi connectivity index (χ1) is 14.4. The number of carboxylic acids is 1. The molecule has 5 nitrogen and oxygen atoms in total. The van der Waals surface area contributed by atoms with Gasteiger partial charge in [-0.1, -0.05) is 24.4 Å². The Labute approximate surface area is 188 Å². The van der Waals surface area contributed by atoms with Gasteiger partial charge in [0, 0.05) is 44.3 Å². The van der Waals surface area contributed by atoms with Gasteiger partial charge in [0.05, 0.1) is 11.5 Å². The van der Waals surface area contributed by atoms with Crippen LogP contribution in [0.3, 0.4) is 0 Å². The van der Waals surface area contributed by atoms with Gasteiger partial charge in [-0.15, -0.1) is 11.3 Å². The van der Waals surface area contributed by atoms with E-state index in [0.29, 0.717) is 29.1 Å². The Bertz CT molecular complexity index is 986. The van der Waals surface area contributed by atoms with E-state index in [-0.39, 0.29) is 18.1 Å². The van der Waals surface area contributed by atoms with E-state index in [1.165, 1.54) is 11.3 Å². The van der Waals surface area contributed by atoms with Gasteiger partial charge in [-0.25, -0.2) is 0 Å². The van der Waals surface area contributed by atoms with E-state index < -0.39 is 17.8 Å². The van der Waals surface area contributed by atoms with Crippen LogP contribution in [0, 0.1) is 11.8 Å². The van der Waals surface area contributed by atoms with Gasteiger partial charge in [-0.05, 0) is 42.7 Å². The van der Waals surface area contributed by atoms with Crippen LogP contribution in [0.4, 0.5) is 5.69 Å². The number of carboxylic acid groups (broad SMARTS) is 1. The van der Waals surface area contributed by atoms with Gasteiger partial charge in [-0.3, -0.25) is 14.4 Å². The number of anilines is 1. The van der Waals surface area contributed by atoms with E-state index in [2.05, 4.69) is 5.32 Å². The summed E-state index contributed by atoms with van der Waals surface area (Å²) in [7, 11) is 0. The van der Waals surface area contributed by atoms with Gasteiger partial charge in [0.2, 0.25) is 0 Å². The van der Waals surface area contributed by atoms with Gasteiger partial charge >= 0.3 is 5.97 Å². The summed E-state index contributed by atoms with van der Waals surface area (Å²) < 4.78 is 0. The minimum Gasteiger partial charge on any atom is -0.481 e. The van der Waals surface area contributed by atoms with Crippen LogP contribution < -0.4 is 5.32 Å². The second-order valence-electron chi connectivity index (χ2n) is 7.73. The number of thiophene rings is 1. The van der Waals surface area contributed by atoms with Crippen molar-refractivity contribution >= 4 is 58.0 Å². The third kappa shape index (κ3) is 4.43. The summed E-state index contributed by atoms with van der Waals surface area (Å²) in [6.45, 7) is 0. The Balaban J connectivity index is 1.58. The number of aliphatic carboxylic acids is 1. The average Bonchev–Trinajstić information content (AvgIpc) is 3.30. The molecule has 2 aliphatic rings. The second kappa shape index (κ2) is 9.12. The molecule has 2 N–H and O–H groups in total. The van der Waals surface area contributed by atoms with Crippen LogP contribution in [0.15, 0.2) is 24.3 Å². The summed E-state index contributed by atoms with van der Waals surface area (Å²) >= 11 is 9.20. The van der Waals surface area contributed by atoms with Crippen molar-refractivity contribution in [2.75, 3.05) is 5.32 Å². The number of hydrogen-bond donors (Lipinski definition) is 2. The molecule has 1 aromatic heterocycles. The number of halogens is 1. The zero-order chi connectivity index (χ0) is 21.3. The number of rotatable bonds is 6. The fourth-order valence-electron chi connectivity index (χ4n) is 4.30. The van der Waals surface area contributed by atoms with Crippen LogP contribution in [0.5, 0.6) is 0 Å². The molecule has 8 heteroatoms. The maximum absolute atomic E-state index is 13.1. The van der Waals surface area contributed by atoms with E-state index in [4.69, 9.17) is 11.6 Å². The number of nitrogens with one attached hydrogen (secondary N) is 1. The van der Waals surface area contributed by atoms with Crippen LogP contribution in [-0.4, -0.2) is 22.8 Å². The largest absolute Gasteiger partial charge is 0.481 e. The van der Waals surface area contributed by atoms with Gasteiger partial charge in [-0.2, -0.15) is 11.8 Å². The molecule has 2 aromatic rings. The normalized spacial score (nSPS) is 20.6. The maximum atomic E-state index is 13.1. The highest BCUT2D eigenvalue weighted by atomic mass is 35.5.